The molecule has 2 aromatic rings. The fraction of sp³-hybridized carbons (Fsp3) is 0.565. The first-order valence-corrected chi connectivity index (χ1v) is 11.2. The Kier molecular flexibility index (Phi) is 10.1. The summed E-state index contributed by atoms with van der Waals surface area (Å²) in [7, 11) is 0. The molecule has 0 spiro atoms. The zero-order valence-corrected chi connectivity index (χ0v) is 17.4. The highest BCUT2D eigenvalue weighted by atomic mass is 32.1. The summed E-state index contributed by atoms with van der Waals surface area (Å²) in [6, 6.07) is 6.66. The number of aryl methyl sites for hydroxylation is 2. The normalized spacial score (nSPS) is 11.6. The molecular weight excluding hydrogens is 354 g/mol. The Bertz CT molecular complexity index is 720. The van der Waals surface area contributed by atoms with Gasteiger partial charge in [-0.1, -0.05) is 56.7 Å². The molecule has 0 aliphatic rings. The van der Waals surface area contributed by atoms with Gasteiger partial charge in [0.2, 0.25) is 0 Å². The van der Waals surface area contributed by atoms with Crippen molar-refractivity contribution >= 4 is 27.5 Å². The predicted molar refractivity (Wildman–Crippen MR) is 116 cm³/mol. The van der Waals surface area contributed by atoms with Crippen LogP contribution in [-0.2, 0) is 11.2 Å². The first kappa shape index (κ1) is 21.6. The average Bonchev–Trinajstić information content (AvgIpc) is 3.01. The Morgan fingerprint density at radius 3 is 2.41 bits per heavy atom. The minimum atomic E-state index is -0.668. The molecule has 4 heteroatoms. The zero-order chi connectivity index (χ0) is 19.3. The highest BCUT2D eigenvalue weighted by Crippen LogP contribution is 2.23. The summed E-state index contributed by atoms with van der Waals surface area (Å²) in [5.41, 5.74) is 2.52. The van der Waals surface area contributed by atoms with E-state index in [0.717, 1.165) is 36.2 Å². The van der Waals surface area contributed by atoms with Gasteiger partial charge in [-0.3, -0.25) is 4.79 Å². The molecule has 0 fully saturated rings. The van der Waals surface area contributed by atoms with Crippen molar-refractivity contribution in [2.45, 2.75) is 84.0 Å². The fourth-order valence-electron chi connectivity index (χ4n) is 3.33. The molecule has 1 N–H and O–H groups in total. The van der Waals surface area contributed by atoms with Gasteiger partial charge in [-0.25, -0.2) is 4.98 Å². The van der Waals surface area contributed by atoms with Crippen molar-refractivity contribution < 1.29 is 9.90 Å². The van der Waals surface area contributed by atoms with Gasteiger partial charge in [0.15, 0.2) is 0 Å². The van der Waals surface area contributed by atoms with Crippen molar-refractivity contribution in [3.05, 3.63) is 40.9 Å². The molecule has 1 aromatic carbocycles. The third-order valence-corrected chi connectivity index (χ3v) is 5.79. The summed E-state index contributed by atoms with van der Waals surface area (Å²) in [5.74, 6) is -0.668. The van der Waals surface area contributed by atoms with Gasteiger partial charge in [-0.2, -0.15) is 0 Å². The van der Waals surface area contributed by atoms with Crippen LogP contribution < -0.4 is 0 Å². The van der Waals surface area contributed by atoms with Crippen LogP contribution in [-0.4, -0.2) is 16.1 Å². The third kappa shape index (κ3) is 9.18. The van der Waals surface area contributed by atoms with Crippen LogP contribution in [0.4, 0.5) is 0 Å². The summed E-state index contributed by atoms with van der Waals surface area (Å²) >= 11 is 1.76. The zero-order valence-electron chi connectivity index (χ0n) is 16.6. The number of benzene rings is 1. The number of allylic oxidation sites excluding steroid dienone is 2. The monoisotopic (exact) mass is 387 g/mol. The average molecular weight is 388 g/mol. The molecular formula is C23H33NO2S. The lowest BCUT2D eigenvalue weighted by Crippen LogP contribution is -1.93. The topological polar surface area (TPSA) is 50.2 Å². The number of fused-ring (bicyclic) bond motifs is 1. The summed E-state index contributed by atoms with van der Waals surface area (Å²) in [6.45, 7) is 2.07. The van der Waals surface area contributed by atoms with Gasteiger partial charge in [0, 0.05) is 6.42 Å². The van der Waals surface area contributed by atoms with Gasteiger partial charge in [0.1, 0.15) is 0 Å². The number of thiazole rings is 1. The van der Waals surface area contributed by atoms with Crippen molar-refractivity contribution in [1.29, 1.82) is 0 Å². The summed E-state index contributed by atoms with van der Waals surface area (Å²) < 4.78 is 1.28. The lowest BCUT2D eigenvalue weighted by molar-refractivity contribution is -0.137. The number of carbonyl (C=O) groups is 1. The van der Waals surface area contributed by atoms with E-state index in [0.29, 0.717) is 6.42 Å². The van der Waals surface area contributed by atoms with Crippen molar-refractivity contribution in [3.63, 3.8) is 0 Å². The molecule has 0 atom stereocenters. The molecule has 0 bridgehead atoms. The molecule has 0 aliphatic heterocycles. The number of rotatable bonds is 14. The fourth-order valence-corrected chi connectivity index (χ4v) is 4.14. The minimum Gasteiger partial charge on any atom is -0.481 e. The van der Waals surface area contributed by atoms with E-state index < -0.39 is 5.97 Å². The Hall–Kier alpha value is -1.68. The van der Waals surface area contributed by atoms with Gasteiger partial charge < -0.3 is 5.11 Å². The molecule has 2 rings (SSSR count). The number of hydrogen-bond donors (Lipinski definition) is 1. The maximum absolute atomic E-state index is 10.4. The van der Waals surface area contributed by atoms with Crippen LogP contribution in [0, 0.1) is 6.92 Å². The van der Waals surface area contributed by atoms with Gasteiger partial charge in [-0.15, -0.1) is 11.3 Å². The van der Waals surface area contributed by atoms with Crippen LogP contribution in [0.2, 0.25) is 0 Å². The number of aromatic nitrogens is 1. The quantitative estimate of drug-likeness (QED) is 0.278. The molecule has 0 amide bonds. The van der Waals surface area contributed by atoms with Crippen LogP contribution in [0.15, 0.2) is 30.4 Å². The Labute approximate surface area is 167 Å². The molecule has 1 heterocycles. The molecule has 3 nitrogen and oxygen atoms in total. The van der Waals surface area contributed by atoms with Crippen LogP contribution in [0.25, 0.3) is 10.2 Å². The Morgan fingerprint density at radius 2 is 1.67 bits per heavy atom. The van der Waals surface area contributed by atoms with Crippen molar-refractivity contribution in [2.75, 3.05) is 0 Å². The van der Waals surface area contributed by atoms with E-state index in [1.165, 1.54) is 55.2 Å². The van der Waals surface area contributed by atoms with E-state index in [9.17, 15) is 4.79 Å². The highest BCUT2D eigenvalue weighted by Gasteiger charge is 2.01. The number of carboxylic acids is 1. The lowest BCUT2D eigenvalue weighted by atomic mass is 10.1. The Balaban J connectivity index is 1.44. The summed E-state index contributed by atoms with van der Waals surface area (Å²) in [4.78, 5) is 15.0. The van der Waals surface area contributed by atoms with E-state index in [1.54, 1.807) is 11.3 Å². The van der Waals surface area contributed by atoms with Crippen LogP contribution in [0.3, 0.4) is 0 Å². The maximum atomic E-state index is 10.4. The van der Waals surface area contributed by atoms with Gasteiger partial charge in [-0.05, 0) is 56.7 Å². The number of hydrogen-bond acceptors (Lipinski definition) is 3. The van der Waals surface area contributed by atoms with Gasteiger partial charge in [0.05, 0.1) is 15.2 Å². The molecule has 0 unspecified atom stereocenters. The summed E-state index contributed by atoms with van der Waals surface area (Å²) in [6.07, 6.45) is 17.8. The smallest absolute Gasteiger partial charge is 0.303 e. The van der Waals surface area contributed by atoms with Crippen LogP contribution in [0.5, 0.6) is 0 Å². The first-order chi connectivity index (χ1) is 13.1. The van der Waals surface area contributed by atoms with E-state index in [2.05, 4.69) is 42.3 Å². The molecule has 0 radical (unpaired) electrons. The second kappa shape index (κ2) is 12.7. The standard InChI is InChI=1S/C23H33NO2S/c1-19-24-21-18-20(16-17-22(21)27-19)14-12-10-8-6-4-2-3-5-7-9-11-13-15-23(25)26/h8,10,16-18H,2-7,9,11-15H2,1H3,(H,25,26). The molecule has 0 aliphatic carbocycles. The van der Waals surface area contributed by atoms with Crippen LogP contribution >= 0.6 is 11.3 Å². The number of nitrogens with zero attached hydrogens (tertiary/aromatic N) is 1. The SMILES string of the molecule is Cc1nc2cc(CCC=CCCCCCCCCCCC(=O)O)ccc2s1. The molecule has 27 heavy (non-hydrogen) atoms. The van der Waals surface area contributed by atoms with E-state index in [1.807, 2.05) is 0 Å². The number of aliphatic carboxylic acids is 1. The lowest BCUT2D eigenvalue weighted by Gasteiger charge is -2.01. The molecule has 0 saturated heterocycles. The van der Waals surface area contributed by atoms with Crippen molar-refractivity contribution in [3.8, 4) is 0 Å². The number of carboxylic acid groups (broad SMARTS) is 1. The third-order valence-electron chi connectivity index (χ3n) is 4.84. The highest BCUT2D eigenvalue weighted by molar-refractivity contribution is 7.18. The number of unbranched alkanes of at least 4 members (excludes halogenated alkanes) is 8. The van der Waals surface area contributed by atoms with Gasteiger partial charge in [0.25, 0.3) is 0 Å². The first-order valence-electron chi connectivity index (χ1n) is 10.4. The van der Waals surface area contributed by atoms with E-state index >= 15 is 0 Å². The maximum Gasteiger partial charge on any atom is 0.303 e. The largest absolute Gasteiger partial charge is 0.481 e. The second-order valence-electron chi connectivity index (χ2n) is 7.31. The van der Waals surface area contributed by atoms with Crippen molar-refractivity contribution in [1.82, 2.24) is 4.98 Å². The predicted octanol–water partition coefficient (Wildman–Crippen LogP) is 7.08. The van der Waals surface area contributed by atoms with Gasteiger partial charge >= 0.3 is 5.97 Å². The molecule has 148 valence electrons. The summed E-state index contributed by atoms with van der Waals surface area (Å²) in [5, 5.41) is 9.72. The molecule has 1 aromatic heterocycles. The van der Waals surface area contributed by atoms with E-state index in [4.69, 9.17) is 5.11 Å². The Morgan fingerprint density at radius 1 is 1.00 bits per heavy atom. The molecule has 0 saturated carbocycles. The second-order valence-corrected chi connectivity index (χ2v) is 8.54. The van der Waals surface area contributed by atoms with E-state index in [-0.39, 0.29) is 0 Å². The van der Waals surface area contributed by atoms with Crippen LogP contribution in [0.1, 0.15) is 81.2 Å². The van der Waals surface area contributed by atoms with Crippen molar-refractivity contribution in [2.24, 2.45) is 0 Å². The minimum absolute atomic E-state index is 0.325.